The van der Waals surface area contributed by atoms with Crippen molar-refractivity contribution in [2.75, 3.05) is 18.4 Å². The molecule has 1 aromatic heterocycles. The van der Waals surface area contributed by atoms with Crippen LogP contribution in [0.1, 0.15) is 34.7 Å². The van der Waals surface area contributed by atoms with Crippen molar-refractivity contribution in [3.8, 4) is 10.6 Å². The van der Waals surface area contributed by atoms with Crippen molar-refractivity contribution in [1.29, 1.82) is 0 Å². The van der Waals surface area contributed by atoms with E-state index in [2.05, 4.69) is 10.3 Å². The summed E-state index contributed by atoms with van der Waals surface area (Å²) in [5, 5.41) is 5.92. The normalized spacial score (nSPS) is 10.5. The summed E-state index contributed by atoms with van der Waals surface area (Å²) in [7, 11) is 0. The zero-order valence-corrected chi connectivity index (χ0v) is 17.2. The number of carbonyl (C=O) groups excluding carboxylic acids is 2. The molecule has 1 N–H and O–H groups in total. The molecule has 144 valence electrons. The van der Waals surface area contributed by atoms with Gasteiger partial charge in [-0.05, 0) is 44.2 Å². The molecule has 0 aliphatic carbocycles. The third-order valence-corrected chi connectivity index (χ3v) is 5.39. The predicted molar refractivity (Wildman–Crippen MR) is 114 cm³/mol. The molecule has 2 amide bonds. The molecular weight excluding hydrogens is 394 g/mol. The van der Waals surface area contributed by atoms with Crippen molar-refractivity contribution in [3.05, 3.63) is 70.2 Å². The number of nitrogens with one attached hydrogen (secondary N) is 1. The van der Waals surface area contributed by atoms with Gasteiger partial charge in [-0.25, -0.2) is 4.98 Å². The quantitative estimate of drug-likeness (QED) is 0.604. The average Bonchev–Trinajstić information content (AvgIpc) is 3.20. The molecule has 28 heavy (non-hydrogen) atoms. The highest BCUT2D eigenvalue weighted by molar-refractivity contribution is 7.13. The fourth-order valence-electron chi connectivity index (χ4n) is 2.72. The van der Waals surface area contributed by atoms with E-state index < -0.39 is 0 Å². The number of rotatable bonds is 6. The second-order valence-corrected chi connectivity index (χ2v) is 7.35. The molecule has 0 unspecified atom stereocenters. The molecule has 3 rings (SSSR count). The van der Waals surface area contributed by atoms with E-state index in [4.69, 9.17) is 11.6 Å². The van der Waals surface area contributed by atoms with E-state index in [1.165, 1.54) is 11.3 Å². The van der Waals surface area contributed by atoms with Crippen molar-refractivity contribution in [1.82, 2.24) is 9.88 Å². The predicted octanol–water partition coefficient (Wildman–Crippen LogP) is 5.20. The number of anilines is 1. The zero-order valence-electron chi connectivity index (χ0n) is 15.6. The highest BCUT2D eigenvalue weighted by Gasteiger charge is 2.15. The maximum absolute atomic E-state index is 12.6. The summed E-state index contributed by atoms with van der Waals surface area (Å²) in [4.78, 5) is 31.2. The van der Waals surface area contributed by atoms with Crippen LogP contribution in [0.25, 0.3) is 10.6 Å². The molecule has 0 saturated heterocycles. The van der Waals surface area contributed by atoms with Crippen LogP contribution in [0.5, 0.6) is 0 Å². The molecule has 0 saturated carbocycles. The van der Waals surface area contributed by atoms with E-state index in [1.54, 1.807) is 46.7 Å². The lowest BCUT2D eigenvalue weighted by atomic mass is 10.1. The molecule has 0 radical (unpaired) electrons. The Morgan fingerprint density at radius 1 is 1.11 bits per heavy atom. The topological polar surface area (TPSA) is 62.3 Å². The van der Waals surface area contributed by atoms with Gasteiger partial charge in [0.25, 0.3) is 11.8 Å². The van der Waals surface area contributed by atoms with Gasteiger partial charge in [0.15, 0.2) is 0 Å². The first kappa shape index (κ1) is 20.0. The molecular formula is C21H20ClN3O2S. The number of amides is 2. The van der Waals surface area contributed by atoms with Crippen LogP contribution in [0.4, 0.5) is 5.69 Å². The van der Waals surface area contributed by atoms with Gasteiger partial charge in [0.05, 0.1) is 0 Å². The number of aromatic nitrogens is 1. The fraction of sp³-hybridized carbons (Fsp3) is 0.190. The molecule has 2 aromatic carbocycles. The number of halogens is 1. The van der Waals surface area contributed by atoms with Crippen LogP contribution in [-0.4, -0.2) is 34.8 Å². The van der Waals surface area contributed by atoms with E-state index >= 15 is 0 Å². The summed E-state index contributed by atoms with van der Waals surface area (Å²) in [6.45, 7) is 5.15. The minimum absolute atomic E-state index is 0.0558. The van der Waals surface area contributed by atoms with E-state index in [9.17, 15) is 9.59 Å². The van der Waals surface area contributed by atoms with Gasteiger partial charge in [-0.2, -0.15) is 0 Å². The molecule has 0 atom stereocenters. The second kappa shape index (κ2) is 8.99. The Bertz CT molecular complexity index is 981. The van der Waals surface area contributed by atoms with Gasteiger partial charge < -0.3 is 10.2 Å². The molecule has 0 bridgehead atoms. The number of hydrogen-bond acceptors (Lipinski definition) is 4. The third kappa shape index (κ3) is 4.58. The average molecular weight is 414 g/mol. The van der Waals surface area contributed by atoms with Gasteiger partial charge in [-0.1, -0.05) is 29.8 Å². The monoisotopic (exact) mass is 413 g/mol. The molecule has 7 heteroatoms. The summed E-state index contributed by atoms with van der Waals surface area (Å²) in [5.74, 6) is -0.372. The summed E-state index contributed by atoms with van der Waals surface area (Å²) < 4.78 is 0. The Morgan fingerprint density at radius 2 is 1.82 bits per heavy atom. The first-order valence-electron chi connectivity index (χ1n) is 8.94. The molecule has 0 fully saturated rings. The van der Waals surface area contributed by atoms with Crippen LogP contribution < -0.4 is 5.32 Å². The maximum Gasteiger partial charge on any atom is 0.275 e. The minimum Gasteiger partial charge on any atom is -0.339 e. The van der Waals surface area contributed by atoms with Gasteiger partial charge in [-0.15, -0.1) is 11.3 Å². The molecule has 5 nitrogen and oxygen atoms in total. The third-order valence-electron chi connectivity index (χ3n) is 4.25. The lowest BCUT2D eigenvalue weighted by Crippen LogP contribution is -2.30. The van der Waals surface area contributed by atoms with Crippen LogP contribution in [-0.2, 0) is 0 Å². The van der Waals surface area contributed by atoms with Crippen molar-refractivity contribution in [2.45, 2.75) is 13.8 Å². The first-order valence-corrected chi connectivity index (χ1v) is 10.2. The van der Waals surface area contributed by atoms with Gasteiger partial charge >= 0.3 is 0 Å². The van der Waals surface area contributed by atoms with Crippen LogP contribution >= 0.6 is 22.9 Å². The van der Waals surface area contributed by atoms with Crippen LogP contribution in [0.2, 0.25) is 5.02 Å². The maximum atomic E-state index is 12.6. The summed E-state index contributed by atoms with van der Waals surface area (Å²) in [5.41, 5.74) is 2.33. The number of carbonyl (C=O) groups is 2. The second-order valence-electron chi connectivity index (χ2n) is 6.06. The van der Waals surface area contributed by atoms with Gasteiger partial charge in [0.2, 0.25) is 0 Å². The highest BCUT2D eigenvalue weighted by atomic mass is 35.5. The largest absolute Gasteiger partial charge is 0.339 e. The fourth-order valence-corrected chi connectivity index (χ4v) is 3.65. The first-order chi connectivity index (χ1) is 13.5. The van der Waals surface area contributed by atoms with Crippen LogP contribution in [0.15, 0.2) is 53.9 Å². The number of hydrogen-bond donors (Lipinski definition) is 1. The summed E-state index contributed by atoms with van der Waals surface area (Å²) >= 11 is 7.30. The summed E-state index contributed by atoms with van der Waals surface area (Å²) in [6, 6.07) is 14.3. The van der Waals surface area contributed by atoms with Crippen molar-refractivity contribution in [2.24, 2.45) is 0 Å². The standard InChI is InChI=1S/C21H20ClN3O2S/c1-3-25(4-2)21(27)15-6-5-7-17(12-15)23-19(26)18-13-28-20(24-18)14-8-10-16(22)11-9-14/h5-13H,3-4H2,1-2H3,(H,23,26). The van der Waals surface area contributed by atoms with Gasteiger partial charge in [-0.3, -0.25) is 9.59 Å². The number of thiazole rings is 1. The van der Waals surface area contributed by atoms with Crippen molar-refractivity contribution in [3.63, 3.8) is 0 Å². The van der Waals surface area contributed by atoms with Gasteiger partial charge in [0, 0.05) is 40.3 Å². The lowest BCUT2D eigenvalue weighted by molar-refractivity contribution is 0.0772. The molecule has 0 aliphatic rings. The Labute approximate surface area is 173 Å². The molecule has 3 aromatic rings. The van der Waals surface area contributed by atoms with E-state index in [-0.39, 0.29) is 11.8 Å². The Morgan fingerprint density at radius 3 is 2.50 bits per heavy atom. The zero-order chi connectivity index (χ0) is 20.1. The Kier molecular flexibility index (Phi) is 6.44. The van der Waals surface area contributed by atoms with Crippen molar-refractivity contribution >= 4 is 40.4 Å². The SMILES string of the molecule is CCN(CC)C(=O)c1cccc(NC(=O)c2csc(-c3ccc(Cl)cc3)n2)c1. The van der Waals surface area contributed by atoms with E-state index in [0.717, 1.165) is 10.6 Å². The van der Waals surface area contributed by atoms with Crippen LogP contribution in [0.3, 0.4) is 0 Å². The highest BCUT2D eigenvalue weighted by Crippen LogP contribution is 2.25. The summed E-state index contributed by atoms with van der Waals surface area (Å²) in [6.07, 6.45) is 0. The van der Waals surface area contributed by atoms with E-state index in [0.29, 0.717) is 35.1 Å². The Hall–Kier alpha value is -2.70. The minimum atomic E-state index is -0.316. The lowest BCUT2D eigenvalue weighted by Gasteiger charge is -2.18. The Balaban J connectivity index is 1.74. The van der Waals surface area contributed by atoms with Crippen LogP contribution in [0, 0.1) is 0 Å². The smallest absolute Gasteiger partial charge is 0.275 e. The molecule has 0 spiro atoms. The molecule has 0 aliphatic heterocycles. The number of benzene rings is 2. The van der Waals surface area contributed by atoms with Gasteiger partial charge in [0.1, 0.15) is 10.7 Å². The van der Waals surface area contributed by atoms with E-state index in [1.807, 2.05) is 26.0 Å². The molecule has 1 heterocycles. The van der Waals surface area contributed by atoms with Crippen molar-refractivity contribution < 1.29 is 9.59 Å². The number of nitrogens with zero attached hydrogens (tertiary/aromatic N) is 2.